The minimum absolute atomic E-state index is 0.0735. The third-order valence-corrected chi connectivity index (χ3v) is 4.90. The summed E-state index contributed by atoms with van der Waals surface area (Å²) in [6.07, 6.45) is 11.7. The van der Waals surface area contributed by atoms with E-state index in [1.54, 1.807) is 17.3 Å². The van der Waals surface area contributed by atoms with Crippen molar-refractivity contribution in [3.63, 3.8) is 0 Å². The molecule has 0 N–H and O–H groups in total. The van der Waals surface area contributed by atoms with E-state index in [0.29, 0.717) is 19.6 Å². The fourth-order valence-electron chi connectivity index (χ4n) is 3.59. The van der Waals surface area contributed by atoms with Crippen LogP contribution in [0.1, 0.15) is 40.5 Å². The second kappa shape index (κ2) is 7.65. The van der Waals surface area contributed by atoms with Gasteiger partial charge in [0, 0.05) is 50.0 Å². The lowest BCUT2D eigenvalue weighted by Crippen LogP contribution is -2.40. The third kappa shape index (κ3) is 3.72. The van der Waals surface area contributed by atoms with Gasteiger partial charge in [0.15, 0.2) is 5.82 Å². The molecule has 7 heteroatoms. The van der Waals surface area contributed by atoms with E-state index in [0.717, 1.165) is 30.4 Å². The van der Waals surface area contributed by atoms with Crippen LogP contribution in [0, 0.1) is 5.82 Å². The fourth-order valence-corrected chi connectivity index (χ4v) is 3.59. The van der Waals surface area contributed by atoms with Gasteiger partial charge in [-0.25, -0.2) is 9.37 Å². The number of amides is 1. The van der Waals surface area contributed by atoms with Crippen molar-refractivity contribution in [3.05, 3.63) is 78.1 Å². The minimum atomic E-state index is -0.581. The lowest BCUT2D eigenvalue weighted by atomic mass is 9.96. The van der Waals surface area contributed by atoms with Gasteiger partial charge in [0.1, 0.15) is 5.82 Å². The van der Waals surface area contributed by atoms with Gasteiger partial charge in [0.05, 0.1) is 18.3 Å². The summed E-state index contributed by atoms with van der Waals surface area (Å²) in [5.74, 6) is 0.207. The van der Waals surface area contributed by atoms with Gasteiger partial charge >= 0.3 is 0 Å². The Hall–Kier alpha value is -3.09. The van der Waals surface area contributed by atoms with Crippen LogP contribution in [-0.4, -0.2) is 43.4 Å². The normalized spacial score (nSPS) is 17.1. The first-order valence-corrected chi connectivity index (χ1v) is 9.01. The average Bonchev–Trinajstić information content (AvgIpc) is 3.17. The predicted octanol–water partition coefficient (Wildman–Crippen LogP) is 2.88. The highest BCUT2D eigenvalue weighted by atomic mass is 19.1. The Morgan fingerprint density at radius 3 is 2.89 bits per heavy atom. The molecule has 6 nitrogen and oxygen atoms in total. The number of hydrogen-bond donors (Lipinski definition) is 0. The number of pyridine rings is 2. The molecule has 0 radical (unpaired) electrons. The molecule has 1 amide bonds. The number of likely N-dealkylation sites (tertiary alicyclic amines) is 1. The topological polar surface area (TPSA) is 63.9 Å². The van der Waals surface area contributed by atoms with Crippen LogP contribution in [-0.2, 0) is 6.54 Å². The number of aromatic nitrogens is 4. The smallest absolute Gasteiger partial charge is 0.256 e. The van der Waals surface area contributed by atoms with Crippen LogP contribution in [0.5, 0.6) is 0 Å². The summed E-state index contributed by atoms with van der Waals surface area (Å²) in [5, 5.41) is 0. The molecular formula is C20H20FN5O. The lowest BCUT2D eigenvalue weighted by molar-refractivity contribution is 0.0698. The zero-order valence-electron chi connectivity index (χ0n) is 14.8. The molecule has 0 saturated carbocycles. The molecule has 1 saturated heterocycles. The van der Waals surface area contributed by atoms with Gasteiger partial charge in [-0.3, -0.25) is 14.8 Å². The van der Waals surface area contributed by atoms with E-state index < -0.39 is 5.82 Å². The van der Waals surface area contributed by atoms with Gasteiger partial charge in [0.2, 0.25) is 0 Å². The molecule has 4 heterocycles. The number of rotatable bonds is 4. The highest BCUT2D eigenvalue weighted by molar-refractivity contribution is 5.94. The summed E-state index contributed by atoms with van der Waals surface area (Å²) < 4.78 is 16.0. The molecule has 27 heavy (non-hydrogen) atoms. The minimum Gasteiger partial charge on any atom is -0.338 e. The SMILES string of the molecule is O=C(c1ccncc1F)N1CCC[C@H](c2nccn2Cc2cccnc2)C1. The number of hydrogen-bond acceptors (Lipinski definition) is 4. The van der Waals surface area contributed by atoms with Crippen molar-refractivity contribution in [3.8, 4) is 0 Å². The summed E-state index contributed by atoms with van der Waals surface area (Å²) in [7, 11) is 0. The van der Waals surface area contributed by atoms with Gasteiger partial charge < -0.3 is 9.47 Å². The maximum Gasteiger partial charge on any atom is 0.256 e. The van der Waals surface area contributed by atoms with Crippen molar-refractivity contribution in [2.24, 2.45) is 0 Å². The molecular weight excluding hydrogens is 345 g/mol. The highest BCUT2D eigenvalue weighted by Crippen LogP contribution is 2.27. The Labute approximate surface area is 156 Å². The van der Waals surface area contributed by atoms with Gasteiger partial charge in [0.25, 0.3) is 5.91 Å². The van der Waals surface area contributed by atoms with Crippen molar-refractivity contribution in [1.82, 2.24) is 24.4 Å². The van der Waals surface area contributed by atoms with Gasteiger partial charge in [-0.2, -0.15) is 0 Å². The predicted molar refractivity (Wildman–Crippen MR) is 97.6 cm³/mol. The molecule has 1 atom stereocenters. The molecule has 1 fully saturated rings. The van der Waals surface area contributed by atoms with Crippen LogP contribution in [0.3, 0.4) is 0 Å². The van der Waals surface area contributed by atoms with Crippen molar-refractivity contribution in [2.75, 3.05) is 13.1 Å². The first-order valence-electron chi connectivity index (χ1n) is 9.01. The van der Waals surface area contributed by atoms with Crippen LogP contribution in [0.15, 0.2) is 55.4 Å². The average molecular weight is 365 g/mol. The van der Waals surface area contributed by atoms with Crippen molar-refractivity contribution in [2.45, 2.75) is 25.3 Å². The molecule has 0 bridgehead atoms. The van der Waals surface area contributed by atoms with E-state index >= 15 is 0 Å². The Morgan fingerprint density at radius 2 is 2.07 bits per heavy atom. The van der Waals surface area contributed by atoms with Crippen molar-refractivity contribution < 1.29 is 9.18 Å². The fraction of sp³-hybridized carbons (Fsp3) is 0.300. The van der Waals surface area contributed by atoms with Crippen LogP contribution in [0.4, 0.5) is 4.39 Å². The van der Waals surface area contributed by atoms with E-state index in [9.17, 15) is 9.18 Å². The van der Waals surface area contributed by atoms with E-state index in [1.165, 1.54) is 12.3 Å². The Morgan fingerprint density at radius 1 is 1.19 bits per heavy atom. The molecule has 0 aromatic carbocycles. The molecule has 4 rings (SSSR count). The van der Waals surface area contributed by atoms with Gasteiger partial charge in [-0.15, -0.1) is 0 Å². The first-order chi connectivity index (χ1) is 13.2. The van der Waals surface area contributed by atoms with Crippen LogP contribution >= 0.6 is 0 Å². The number of carbonyl (C=O) groups is 1. The second-order valence-electron chi connectivity index (χ2n) is 6.72. The quantitative estimate of drug-likeness (QED) is 0.713. The second-order valence-corrected chi connectivity index (χ2v) is 6.72. The Bertz CT molecular complexity index is 927. The summed E-state index contributed by atoms with van der Waals surface area (Å²) >= 11 is 0. The van der Waals surface area contributed by atoms with Crippen molar-refractivity contribution in [1.29, 1.82) is 0 Å². The van der Waals surface area contributed by atoms with E-state index in [-0.39, 0.29) is 17.4 Å². The molecule has 3 aromatic rings. The molecule has 138 valence electrons. The number of halogens is 1. The summed E-state index contributed by atoms with van der Waals surface area (Å²) in [5.41, 5.74) is 1.17. The molecule has 0 unspecified atom stereocenters. The van der Waals surface area contributed by atoms with Crippen molar-refractivity contribution >= 4 is 5.91 Å². The number of imidazole rings is 1. The molecule has 1 aliphatic heterocycles. The number of carbonyl (C=O) groups excluding carboxylic acids is 1. The zero-order chi connectivity index (χ0) is 18.6. The summed E-state index contributed by atoms with van der Waals surface area (Å²) in [6.45, 7) is 1.84. The summed E-state index contributed by atoms with van der Waals surface area (Å²) in [6, 6.07) is 5.38. The largest absolute Gasteiger partial charge is 0.338 e. The monoisotopic (exact) mass is 365 g/mol. The molecule has 3 aromatic heterocycles. The first kappa shape index (κ1) is 17.3. The molecule has 0 spiro atoms. The number of piperidine rings is 1. The summed E-state index contributed by atoms with van der Waals surface area (Å²) in [4.78, 5) is 26.9. The highest BCUT2D eigenvalue weighted by Gasteiger charge is 2.29. The lowest BCUT2D eigenvalue weighted by Gasteiger charge is -2.32. The third-order valence-electron chi connectivity index (χ3n) is 4.90. The van der Waals surface area contributed by atoms with E-state index in [4.69, 9.17) is 0 Å². The Kier molecular flexibility index (Phi) is 4.91. The van der Waals surface area contributed by atoms with Gasteiger partial charge in [-0.05, 0) is 30.5 Å². The van der Waals surface area contributed by atoms with Crippen LogP contribution in [0.25, 0.3) is 0 Å². The van der Waals surface area contributed by atoms with E-state index in [2.05, 4.69) is 19.5 Å². The number of nitrogens with zero attached hydrogens (tertiary/aromatic N) is 5. The Balaban J connectivity index is 1.52. The standard InChI is InChI=1S/C20H20FN5O/c21-18-12-23-7-5-17(18)20(27)26-9-2-4-16(14-26)19-24-8-10-25(19)13-15-3-1-6-22-11-15/h1,3,5-8,10-12,16H,2,4,9,13-14H2/t16-/m0/s1. The maximum absolute atomic E-state index is 13.9. The maximum atomic E-state index is 13.9. The van der Waals surface area contributed by atoms with Crippen LogP contribution < -0.4 is 0 Å². The molecule has 1 aliphatic rings. The zero-order valence-corrected chi connectivity index (χ0v) is 14.8. The van der Waals surface area contributed by atoms with E-state index in [1.807, 2.05) is 24.5 Å². The van der Waals surface area contributed by atoms with Gasteiger partial charge in [-0.1, -0.05) is 6.07 Å². The van der Waals surface area contributed by atoms with Crippen LogP contribution in [0.2, 0.25) is 0 Å². The molecule has 0 aliphatic carbocycles.